The van der Waals surface area contributed by atoms with Crippen molar-refractivity contribution in [1.82, 2.24) is 4.90 Å². The van der Waals surface area contributed by atoms with Gasteiger partial charge in [0.1, 0.15) is 5.60 Å². The van der Waals surface area contributed by atoms with Crippen molar-refractivity contribution in [1.29, 1.82) is 0 Å². The molecule has 0 saturated carbocycles. The third-order valence-electron chi connectivity index (χ3n) is 3.53. The second kappa shape index (κ2) is 6.13. The molecule has 0 radical (unpaired) electrons. The number of rotatable bonds is 3. The number of likely N-dealkylation sites (tertiary alicyclic amines) is 1. The van der Waals surface area contributed by atoms with Crippen LogP contribution in [-0.2, 0) is 19.0 Å². The smallest absolute Gasteiger partial charge is 0.412 e. The van der Waals surface area contributed by atoms with E-state index in [0.717, 1.165) is 0 Å². The van der Waals surface area contributed by atoms with Gasteiger partial charge in [-0.1, -0.05) is 18.2 Å². The van der Waals surface area contributed by atoms with Gasteiger partial charge in [-0.05, 0) is 52.7 Å². The van der Waals surface area contributed by atoms with Crippen LogP contribution < -0.4 is 0 Å². The summed E-state index contributed by atoms with van der Waals surface area (Å²) in [5, 5.41) is 0. The first-order valence-corrected chi connectivity index (χ1v) is 8.96. The predicted molar refractivity (Wildman–Crippen MR) is 85.3 cm³/mol. The zero-order valence-corrected chi connectivity index (χ0v) is 14.7. The van der Waals surface area contributed by atoms with Crippen LogP contribution in [-0.4, -0.2) is 37.3 Å². The fourth-order valence-corrected chi connectivity index (χ4v) is 3.73. The molecular weight excluding hydrogens is 318 g/mol. The van der Waals surface area contributed by atoms with E-state index in [-0.39, 0.29) is 4.90 Å². The van der Waals surface area contributed by atoms with Crippen molar-refractivity contribution in [2.45, 2.75) is 56.8 Å². The topological polar surface area (TPSA) is 72.9 Å². The van der Waals surface area contributed by atoms with Crippen LogP contribution in [0.1, 0.15) is 40.5 Å². The van der Waals surface area contributed by atoms with E-state index in [9.17, 15) is 13.2 Å². The van der Waals surface area contributed by atoms with E-state index in [1.54, 1.807) is 45.9 Å². The number of amides is 1. The van der Waals surface area contributed by atoms with Crippen LogP contribution >= 0.6 is 0 Å². The number of benzene rings is 1. The Morgan fingerprint density at radius 1 is 1.22 bits per heavy atom. The Morgan fingerprint density at radius 2 is 1.83 bits per heavy atom. The minimum atomic E-state index is -3.96. The standard InChI is InChI=1S/C16H23NO5S/c1-15(2,3)21-14(18)17-12-8-11-16(17,4)22-23(19,20)13-9-6-5-7-10-13/h5-7,9-10H,8,11-12H2,1-4H3. The molecule has 1 unspecified atom stereocenters. The third-order valence-corrected chi connectivity index (χ3v) is 4.96. The van der Waals surface area contributed by atoms with Crippen molar-refractivity contribution in [3.63, 3.8) is 0 Å². The molecule has 1 aromatic rings. The maximum Gasteiger partial charge on any atom is 0.412 e. The highest BCUT2D eigenvalue weighted by Gasteiger charge is 2.46. The number of hydrogen-bond donors (Lipinski definition) is 0. The molecule has 1 saturated heterocycles. The van der Waals surface area contributed by atoms with Crippen molar-refractivity contribution >= 4 is 16.2 Å². The molecule has 6 nitrogen and oxygen atoms in total. The van der Waals surface area contributed by atoms with Gasteiger partial charge in [0, 0.05) is 6.54 Å². The van der Waals surface area contributed by atoms with Gasteiger partial charge in [0.15, 0.2) is 5.72 Å². The van der Waals surface area contributed by atoms with Gasteiger partial charge in [-0.3, -0.25) is 4.90 Å². The minimum Gasteiger partial charge on any atom is -0.444 e. The summed E-state index contributed by atoms with van der Waals surface area (Å²) < 4.78 is 35.7. The number of nitrogens with zero attached hydrogens (tertiary/aromatic N) is 1. The molecule has 1 aliphatic rings. The molecule has 23 heavy (non-hydrogen) atoms. The van der Waals surface area contributed by atoms with E-state index in [1.807, 2.05) is 0 Å². The average molecular weight is 341 g/mol. The molecule has 1 heterocycles. The van der Waals surface area contributed by atoms with Crippen molar-refractivity contribution < 1.29 is 22.1 Å². The summed E-state index contributed by atoms with van der Waals surface area (Å²) in [5.74, 6) is 0. The third kappa shape index (κ3) is 4.23. The molecule has 7 heteroatoms. The maximum absolute atomic E-state index is 12.4. The Balaban J connectivity index is 2.21. The maximum atomic E-state index is 12.4. The molecule has 0 spiro atoms. The molecule has 0 bridgehead atoms. The Labute approximate surface area is 137 Å². The van der Waals surface area contributed by atoms with E-state index < -0.39 is 27.5 Å². The fourth-order valence-electron chi connectivity index (χ4n) is 2.50. The second-order valence-electron chi connectivity index (χ2n) is 6.76. The van der Waals surface area contributed by atoms with Gasteiger partial charge < -0.3 is 4.74 Å². The molecule has 128 valence electrons. The molecule has 1 atom stereocenters. The minimum absolute atomic E-state index is 0.0669. The van der Waals surface area contributed by atoms with E-state index in [0.29, 0.717) is 19.4 Å². The van der Waals surface area contributed by atoms with Crippen LogP contribution in [0.5, 0.6) is 0 Å². The first kappa shape index (κ1) is 17.7. The van der Waals surface area contributed by atoms with Gasteiger partial charge >= 0.3 is 6.09 Å². The summed E-state index contributed by atoms with van der Waals surface area (Å²) in [4.78, 5) is 13.7. The highest BCUT2D eigenvalue weighted by atomic mass is 32.2. The SMILES string of the molecule is CC(C)(C)OC(=O)N1CCCC1(C)OS(=O)(=O)c1ccccc1. The highest BCUT2D eigenvalue weighted by Crippen LogP contribution is 2.34. The van der Waals surface area contributed by atoms with Gasteiger partial charge in [-0.15, -0.1) is 0 Å². The normalized spacial score (nSPS) is 22.2. The van der Waals surface area contributed by atoms with Crippen molar-refractivity contribution in [2.75, 3.05) is 6.54 Å². The van der Waals surface area contributed by atoms with Crippen LogP contribution in [0.4, 0.5) is 4.79 Å². The molecule has 0 N–H and O–H groups in total. The molecule has 0 aromatic heterocycles. The molecule has 1 aliphatic heterocycles. The molecule has 0 aliphatic carbocycles. The van der Waals surface area contributed by atoms with Crippen LogP contribution in [0.2, 0.25) is 0 Å². The number of carbonyl (C=O) groups is 1. The van der Waals surface area contributed by atoms with Crippen LogP contribution in [0.3, 0.4) is 0 Å². The fraction of sp³-hybridized carbons (Fsp3) is 0.562. The average Bonchev–Trinajstić information content (AvgIpc) is 2.78. The van der Waals surface area contributed by atoms with Gasteiger partial charge in [-0.25, -0.2) is 8.98 Å². The monoisotopic (exact) mass is 341 g/mol. The summed E-state index contributed by atoms with van der Waals surface area (Å²) >= 11 is 0. The highest BCUT2D eigenvalue weighted by molar-refractivity contribution is 7.86. The Morgan fingerprint density at radius 3 is 2.39 bits per heavy atom. The van der Waals surface area contributed by atoms with Gasteiger partial charge in [0.2, 0.25) is 0 Å². The Hall–Kier alpha value is -1.60. The summed E-state index contributed by atoms with van der Waals surface area (Å²) in [6, 6.07) is 7.90. The summed E-state index contributed by atoms with van der Waals surface area (Å²) in [5.41, 5.74) is -1.89. The van der Waals surface area contributed by atoms with E-state index in [4.69, 9.17) is 8.92 Å². The summed E-state index contributed by atoms with van der Waals surface area (Å²) in [6.45, 7) is 7.29. The first-order valence-electron chi connectivity index (χ1n) is 7.55. The molecular formula is C16H23NO5S. The molecule has 1 amide bonds. The van der Waals surface area contributed by atoms with E-state index >= 15 is 0 Å². The molecule has 1 aromatic carbocycles. The van der Waals surface area contributed by atoms with Crippen molar-refractivity contribution in [3.8, 4) is 0 Å². The molecule has 1 fully saturated rings. The first-order chi connectivity index (χ1) is 10.5. The van der Waals surface area contributed by atoms with Crippen LogP contribution in [0.25, 0.3) is 0 Å². The zero-order chi connectivity index (χ0) is 17.3. The zero-order valence-electron chi connectivity index (χ0n) is 13.9. The Bertz CT molecular complexity index is 665. The van der Waals surface area contributed by atoms with Gasteiger partial charge in [0.05, 0.1) is 4.90 Å². The lowest BCUT2D eigenvalue weighted by molar-refractivity contribution is -0.0511. The lowest BCUT2D eigenvalue weighted by atomic mass is 10.2. The largest absolute Gasteiger partial charge is 0.444 e. The Kier molecular flexibility index (Phi) is 4.73. The summed E-state index contributed by atoms with van der Waals surface area (Å²) in [7, 11) is -3.96. The van der Waals surface area contributed by atoms with Crippen LogP contribution in [0, 0.1) is 0 Å². The number of carbonyl (C=O) groups excluding carboxylic acids is 1. The van der Waals surface area contributed by atoms with Gasteiger partial charge in [0.25, 0.3) is 10.1 Å². The quantitative estimate of drug-likeness (QED) is 0.790. The second-order valence-corrected chi connectivity index (χ2v) is 8.31. The van der Waals surface area contributed by atoms with E-state index in [1.165, 1.54) is 17.0 Å². The summed E-state index contributed by atoms with van der Waals surface area (Å²) in [6.07, 6.45) is 0.513. The van der Waals surface area contributed by atoms with Crippen molar-refractivity contribution in [3.05, 3.63) is 30.3 Å². The van der Waals surface area contributed by atoms with E-state index in [2.05, 4.69) is 0 Å². The van der Waals surface area contributed by atoms with Gasteiger partial charge in [-0.2, -0.15) is 8.42 Å². The van der Waals surface area contributed by atoms with Crippen molar-refractivity contribution in [2.24, 2.45) is 0 Å². The lowest BCUT2D eigenvalue weighted by Crippen LogP contribution is -2.49. The molecule has 2 rings (SSSR count). The number of ether oxygens (including phenoxy) is 1. The number of hydrogen-bond acceptors (Lipinski definition) is 5. The lowest BCUT2D eigenvalue weighted by Gasteiger charge is -2.35. The predicted octanol–water partition coefficient (Wildman–Crippen LogP) is 3.14. The van der Waals surface area contributed by atoms with Crippen LogP contribution in [0.15, 0.2) is 35.2 Å².